The third-order valence-electron chi connectivity index (χ3n) is 6.19. The van der Waals surface area contributed by atoms with E-state index in [1.807, 2.05) is 66.7 Å². The molecule has 4 nitrogen and oxygen atoms in total. The molecule has 0 fully saturated rings. The predicted octanol–water partition coefficient (Wildman–Crippen LogP) is 7.17. The summed E-state index contributed by atoms with van der Waals surface area (Å²) < 4.78 is 12.0. The van der Waals surface area contributed by atoms with Gasteiger partial charge in [-0.3, -0.25) is 9.59 Å². The van der Waals surface area contributed by atoms with Crippen molar-refractivity contribution in [2.45, 2.75) is 26.2 Å². The van der Waals surface area contributed by atoms with E-state index in [0.29, 0.717) is 27.9 Å². The average molecular weight is 463 g/mol. The fourth-order valence-corrected chi connectivity index (χ4v) is 4.15. The van der Waals surface area contributed by atoms with Crippen LogP contribution in [0.1, 0.15) is 36.7 Å². The number of hydrogen-bond acceptors (Lipinski definition) is 4. The van der Waals surface area contributed by atoms with Crippen LogP contribution in [0.3, 0.4) is 0 Å². The minimum atomic E-state index is -0.298. The fourth-order valence-electron chi connectivity index (χ4n) is 4.15. The number of benzene rings is 4. The van der Waals surface area contributed by atoms with E-state index in [1.54, 1.807) is 24.3 Å². The van der Waals surface area contributed by atoms with E-state index in [0.717, 1.165) is 10.8 Å². The van der Waals surface area contributed by atoms with Gasteiger partial charge in [-0.25, -0.2) is 0 Å². The van der Waals surface area contributed by atoms with Crippen LogP contribution >= 0.6 is 0 Å². The molecule has 4 aromatic carbocycles. The van der Waals surface area contributed by atoms with Gasteiger partial charge >= 0.3 is 0 Å². The number of carbonyl (C=O) groups is 1. The van der Waals surface area contributed by atoms with Crippen molar-refractivity contribution in [3.05, 3.63) is 112 Å². The smallest absolute Gasteiger partial charge is 0.235 e. The Morgan fingerprint density at radius 1 is 0.829 bits per heavy atom. The molecule has 0 aliphatic rings. The highest BCUT2D eigenvalue weighted by molar-refractivity contribution is 6.01. The van der Waals surface area contributed by atoms with Gasteiger partial charge in [0.25, 0.3) is 0 Å². The molecule has 0 N–H and O–H groups in total. The second kappa shape index (κ2) is 8.88. The lowest BCUT2D eigenvalue weighted by atomic mass is 9.86. The molecule has 5 rings (SSSR count). The van der Waals surface area contributed by atoms with E-state index in [9.17, 15) is 9.59 Å². The number of fused-ring (bicyclic) bond motifs is 2. The van der Waals surface area contributed by atoms with Crippen LogP contribution in [0, 0.1) is 0 Å². The Morgan fingerprint density at radius 3 is 2.26 bits per heavy atom. The Balaban J connectivity index is 1.52. The van der Waals surface area contributed by atoms with Crippen molar-refractivity contribution in [2.75, 3.05) is 6.61 Å². The Bertz CT molecular complexity index is 1600. The molecular formula is C31H26O4. The van der Waals surface area contributed by atoms with Crippen molar-refractivity contribution < 1.29 is 13.9 Å². The molecule has 0 spiro atoms. The maximum absolute atomic E-state index is 13.4. The summed E-state index contributed by atoms with van der Waals surface area (Å²) in [5, 5.41) is 2.44. The van der Waals surface area contributed by atoms with Crippen LogP contribution in [0.25, 0.3) is 33.1 Å². The maximum atomic E-state index is 13.4. The first kappa shape index (κ1) is 22.6. The van der Waals surface area contributed by atoms with E-state index >= 15 is 0 Å². The first-order valence-electron chi connectivity index (χ1n) is 11.6. The first-order chi connectivity index (χ1) is 16.8. The number of hydrogen-bond donors (Lipinski definition) is 0. The van der Waals surface area contributed by atoms with E-state index in [4.69, 9.17) is 9.15 Å². The zero-order valence-corrected chi connectivity index (χ0v) is 20.0. The lowest BCUT2D eigenvalue weighted by Crippen LogP contribution is -2.17. The fraction of sp³-hybridized carbons (Fsp3) is 0.161. The Hall–Kier alpha value is -4.18. The van der Waals surface area contributed by atoms with Crippen molar-refractivity contribution in [1.82, 2.24) is 0 Å². The van der Waals surface area contributed by atoms with Crippen molar-refractivity contribution in [3.8, 4) is 17.1 Å². The molecule has 1 heterocycles. The van der Waals surface area contributed by atoms with Crippen LogP contribution in [0.5, 0.6) is 5.75 Å². The zero-order valence-electron chi connectivity index (χ0n) is 20.0. The molecule has 0 unspecified atom stereocenters. The standard InChI is InChI=1S/C31H26O4/c1-31(2,3)24-16-14-21(15-17-24)29-30(28(33)25-10-6-7-11-27(25)35-29)34-19-26(32)23-13-12-20-8-4-5-9-22(20)18-23/h4-18H,19H2,1-3H3. The third-order valence-corrected chi connectivity index (χ3v) is 6.19. The highest BCUT2D eigenvalue weighted by Gasteiger charge is 2.20. The number of Topliss-reactive ketones (excluding diaryl/α,β-unsaturated/α-hetero) is 1. The van der Waals surface area contributed by atoms with Crippen LogP contribution in [0.15, 0.2) is 100 Å². The molecule has 0 bridgehead atoms. The number of para-hydroxylation sites is 1. The molecule has 0 aliphatic heterocycles. The molecule has 35 heavy (non-hydrogen) atoms. The van der Waals surface area contributed by atoms with E-state index in [-0.39, 0.29) is 29.0 Å². The lowest BCUT2D eigenvalue weighted by molar-refractivity contribution is 0.0920. The Kier molecular flexibility index (Phi) is 5.73. The van der Waals surface area contributed by atoms with Gasteiger partial charge in [-0.1, -0.05) is 93.6 Å². The minimum absolute atomic E-state index is 0.00560. The quantitative estimate of drug-likeness (QED) is 0.260. The summed E-state index contributed by atoms with van der Waals surface area (Å²) in [6.07, 6.45) is 0. The molecule has 0 atom stereocenters. The van der Waals surface area contributed by atoms with E-state index < -0.39 is 0 Å². The Morgan fingerprint density at radius 2 is 1.51 bits per heavy atom. The van der Waals surface area contributed by atoms with Gasteiger partial charge in [-0.2, -0.15) is 0 Å². The molecule has 174 valence electrons. The third kappa shape index (κ3) is 4.47. The summed E-state index contributed by atoms with van der Waals surface area (Å²) in [5.41, 5.74) is 2.58. The highest BCUT2D eigenvalue weighted by Crippen LogP contribution is 2.33. The number of ether oxygens (including phenoxy) is 1. The van der Waals surface area contributed by atoms with Crippen LogP contribution in [-0.2, 0) is 5.41 Å². The molecule has 0 aliphatic carbocycles. The van der Waals surface area contributed by atoms with Crippen molar-refractivity contribution in [3.63, 3.8) is 0 Å². The summed E-state index contributed by atoms with van der Waals surface area (Å²) in [7, 11) is 0. The van der Waals surface area contributed by atoms with Crippen LogP contribution in [0.2, 0.25) is 0 Å². The van der Waals surface area contributed by atoms with Gasteiger partial charge in [-0.15, -0.1) is 0 Å². The molecule has 5 aromatic rings. The second-order valence-corrected chi connectivity index (χ2v) is 9.69. The van der Waals surface area contributed by atoms with Crippen LogP contribution < -0.4 is 10.2 Å². The molecule has 1 aromatic heterocycles. The number of ketones is 1. The highest BCUT2D eigenvalue weighted by atomic mass is 16.5. The van der Waals surface area contributed by atoms with Gasteiger partial charge in [0.1, 0.15) is 5.58 Å². The zero-order chi connectivity index (χ0) is 24.6. The van der Waals surface area contributed by atoms with Gasteiger partial charge in [0.15, 0.2) is 18.2 Å². The summed E-state index contributed by atoms with van der Waals surface area (Å²) in [5.74, 6) is 0.152. The van der Waals surface area contributed by atoms with Gasteiger partial charge in [0.2, 0.25) is 11.2 Å². The van der Waals surface area contributed by atoms with Crippen molar-refractivity contribution >= 4 is 27.5 Å². The monoisotopic (exact) mass is 462 g/mol. The minimum Gasteiger partial charge on any atom is -0.478 e. The molecule has 0 saturated carbocycles. The normalized spacial score (nSPS) is 11.6. The summed E-state index contributed by atoms with van der Waals surface area (Å²) >= 11 is 0. The maximum Gasteiger partial charge on any atom is 0.235 e. The molecule has 0 radical (unpaired) electrons. The van der Waals surface area contributed by atoms with Gasteiger partial charge in [0, 0.05) is 11.1 Å². The topological polar surface area (TPSA) is 56.5 Å². The van der Waals surface area contributed by atoms with Gasteiger partial charge in [-0.05, 0) is 39.9 Å². The number of rotatable bonds is 5. The number of carbonyl (C=O) groups excluding carboxylic acids is 1. The SMILES string of the molecule is CC(C)(C)c1ccc(-c2oc3ccccc3c(=O)c2OCC(=O)c2ccc3ccccc3c2)cc1. The molecule has 0 saturated heterocycles. The lowest BCUT2D eigenvalue weighted by Gasteiger charge is -2.19. The molecule has 4 heteroatoms. The molecular weight excluding hydrogens is 436 g/mol. The largest absolute Gasteiger partial charge is 0.478 e. The van der Waals surface area contributed by atoms with Crippen molar-refractivity contribution in [1.29, 1.82) is 0 Å². The van der Waals surface area contributed by atoms with Crippen LogP contribution in [0.4, 0.5) is 0 Å². The van der Waals surface area contributed by atoms with Gasteiger partial charge in [0.05, 0.1) is 5.39 Å². The van der Waals surface area contributed by atoms with Crippen LogP contribution in [-0.4, -0.2) is 12.4 Å². The summed E-state index contributed by atoms with van der Waals surface area (Å²) in [6, 6.07) is 28.3. The van der Waals surface area contributed by atoms with Crippen molar-refractivity contribution in [2.24, 2.45) is 0 Å². The average Bonchev–Trinajstić information content (AvgIpc) is 2.87. The molecule has 0 amide bonds. The first-order valence-corrected chi connectivity index (χ1v) is 11.6. The van der Waals surface area contributed by atoms with Gasteiger partial charge < -0.3 is 9.15 Å². The predicted molar refractivity (Wildman–Crippen MR) is 140 cm³/mol. The van der Waals surface area contributed by atoms with E-state index in [1.165, 1.54) is 5.56 Å². The summed E-state index contributed by atoms with van der Waals surface area (Å²) in [6.45, 7) is 6.16. The summed E-state index contributed by atoms with van der Waals surface area (Å²) in [4.78, 5) is 26.4. The Labute approximate surface area is 203 Å². The van der Waals surface area contributed by atoms with E-state index in [2.05, 4.69) is 20.8 Å². The second-order valence-electron chi connectivity index (χ2n) is 9.69.